The van der Waals surface area contributed by atoms with E-state index < -0.39 is 0 Å². The first-order valence-corrected chi connectivity index (χ1v) is 13.9. The molecule has 0 unspecified atom stereocenters. The van der Waals surface area contributed by atoms with E-state index in [0.717, 1.165) is 50.6 Å². The van der Waals surface area contributed by atoms with E-state index in [0.29, 0.717) is 11.3 Å². The molecule has 0 aromatic heterocycles. The van der Waals surface area contributed by atoms with Crippen LogP contribution in [0.5, 0.6) is 0 Å². The Morgan fingerprint density at radius 3 is 2.06 bits per heavy atom. The molecule has 0 atom stereocenters. The maximum atomic E-state index is 12.0. The molecule has 0 spiro atoms. The quantitative estimate of drug-likeness (QED) is 0.309. The minimum atomic E-state index is 0. The minimum absolute atomic E-state index is 0. The number of likely N-dealkylation sites (N-methyl/N-ethyl adjacent to an activating group) is 1. The molecule has 1 aliphatic rings. The second-order valence-corrected chi connectivity index (χ2v) is 10.6. The van der Waals surface area contributed by atoms with Gasteiger partial charge in [0.15, 0.2) is 0 Å². The second-order valence-electron chi connectivity index (χ2n) is 10.6. The topological polar surface area (TPSA) is 23.6 Å². The third-order valence-corrected chi connectivity index (χ3v) is 7.68. The van der Waals surface area contributed by atoms with Gasteiger partial charge in [0.1, 0.15) is 0 Å². The van der Waals surface area contributed by atoms with E-state index in [2.05, 4.69) is 77.6 Å². The number of hydrogen-bond donors (Lipinski definition) is 0. The Bertz CT molecular complexity index is 638. The first kappa shape index (κ1) is 29.7. The van der Waals surface area contributed by atoms with Gasteiger partial charge in [0.2, 0.25) is 6.41 Å². The summed E-state index contributed by atoms with van der Waals surface area (Å²) < 4.78 is 0. The van der Waals surface area contributed by atoms with Crippen LogP contribution in [-0.2, 0) is 4.79 Å². The Balaban J connectivity index is 0.00000258. The Labute approximate surface area is 207 Å². The summed E-state index contributed by atoms with van der Waals surface area (Å²) >= 11 is 0. The molecule has 1 aliphatic carbocycles. The van der Waals surface area contributed by atoms with Crippen LogP contribution in [0.3, 0.4) is 0 Å². The van der Waals surface area contributed by atoms with Gasteiger partial charge in [-0.3, -0.25) is 4.79 Å². The molecule has 0 N–H and O–H groups in total. The summed E-state index contributed by atoms with van der Waals surface area (Å²) in [6.07, 6.45) is 12.5. The van der Waals surface area contributed by atoms with Crippen molar-refractivity contribution in [2.45, 2.75) is 112 Å². The number of carbonyl (C=O) groups excluding carboxylic acids is 1. The van der Waals surface area contributed by atoms with Gasteiger partial charge in [-0.15, -0.1) is 0 Å². The van der Waals surface area contributed by atoms with Crippen molar-refractivity contribution in [3.63, 3.8) is 0 Å². The highest BCUT2D eigenvalue weighted by Crippen LogP contribution is 2.43. The maximum Gasteiger partial charge on any atom is 0.214 e. The molecule has 1 saturated carbocycles. The van der Waals surface area contributed by atoms with Crippen LogP contribution in [0.4, 0.5) is 5.69 Å². The van der Waals surface area contributed by atoms with Crippen LogP contribution in [0.1, 0.15) is 119 Å². The Morgan fingerprint density at radius 2 is 1.55 bits per heavy atom. The van der Waals surface area contributed by atoms with Gasteiger partial charge in [-0.2, -0.15) is 0 Å². The second kappa shape index (κ2) is 16.3. The van der Waals surface area contributed by atoms with Crippen LogP contribution in [0.15, 0.2) is 24.3 Å². The monoisotopic (exact) mass is 460 g/mol. The number of amides is 1. The van der Waals surface area contributed by atoms with E-state index in [1.807, 2.05) is 4.90 Å². The van der Waals surface area contributed by atoms with Gasteiger partial charge in [-0.25, -0.2) is 0 Å². The van der Waals surface area contributed by atoms with Gasteiger partial charge >= 0.3 is 0 Å². The zero-order chi connectivity index (χ0) is 24.7. The zero-order valence-electron chi connectivity index (χ0n) is 23.0. The molecule has 0 radical (unpaired) electrons. The molecule has 33 heavy (non-hydrogen) atoms. The maximum absolute atomic E-state index is 12.0. The predicted octanol–water partition coefficient (Wildman–Crippen LogP) is 8.53. The number of benzene rings is 1. The van der Waals surface area contributed by atoms with Gasteiger partial charge in [0, 0.05) is 20.2 Å². The summed E-state index contributed by atoms with van der Waals surface area (Å²) in [6, 6.07) is 8.66. The lowest BCUT2D eigenvalue weighted by atomic mass is 9.69. The normalized spacial score (nSPS) is 19.3. The van der Waals surface area contributed by atoms with Crippen molar-refractivity contribution in [2.24, 2.45) is 11.3 Å². The van der Waals surface area contributed by atoms with Crippen molar-refractivity contribution in [1.29, 1.82) is 0 Å². The lowest BCUT2D eigenvalue weighted by Gasteiger charge is -2.36. The van der Waals surface area contributed by atoms with Crippen LogP contribution >= 0.6 is 0 Å². The van der Waals surface area contributed by atoms with Crippen molar-refractivity contribution in [2.75, 3.05) is 31.1 Å². The zero-order valence-corrected chi connectivity index (χ0v) is 23.0. The standard InChI is InChI=1S/C27H46N2O.C3H8.H2/c1-6-19-28(8-3)20-21-29(22-30)26-18-10-9-17-25(26)23-13-11-15-24(16-12-14-23)27(4,5)7-2;1-3-2;/h9-10,17-18,22-24H,6-8,11-16,19-21H2,1-5H3;3H2,1-2H3;1H. The lowest BCUT2D eigenvalue weighted by Crippen LogP contribution is -2.35. The summed E-state index contributed by atoms with van der Waals surface area (Å²) in [6.45, 7) is 19.8. The van der Waals surface area contributed by atoms with Gasteiger partial charge in [0.25, 0.3) is 0 Å². The van der Waals surface area contributed by atoms with Crippen molar-refractivity contribution < 1.29 is 6.22 Å². The fourth-order valence-electron chi connectivity index (χ4n) is 5.21. The van der Waals surface area contributed by atoms with Gasteiger partial charge in [-0.05, 0) is 74.1 Å². The van der Waals surface area contributed by atoms with Gasteiger partial charge in [0.05, 0.1) is 0 Å². The molecular formula is C30H56N2O. The van der Waals surface area contributed by atoms with E-state index in [9.17, 15) is 4.79 Å². The SMILES string of the molecule is CCC.CCCN(CC)CCN(C=O)c1ccccc1C1CCCC(C(C)(C)CC)CCC1.[HH]. The average molecular weight is 461 g/mol. The number of carbonyl (C=O) groups is 1. The third-order valence-electron chi connectivity index (χ3n) is 7.68. The van der Waals surface area contributed by atoms with Crippen LogP contribution in [0.2, 0.25) is 0 Å². The van der Waals surface area contributed by atoms with Crippen LogP contribution in [0, 0.1) is 11.3 Å². The van der Waals surface area contributed by atoms with Crippen molar-refractivity contribution in [3.8, 4) is 0 Å². The van der Waals surface area contributed by atoms with Gasteiger partial charge < -0.3 is 9.80 Å². The number of rotatable bonds is 11. The van der Waals surface area contributed by atoms with E-state index in [4.69, 9.17) is 0 Å². The molecule has 3 heteroatoms. The molecule has 0 heterocycles. The fraction of sp³-hybridized carbons (Fsp3) is 0.767. The number of anilines is 1. The molecule has 1 aromatic carbocycles. The third kappa shape index (κ3) is 9.81. The molecule has 1 amide bonds. The summed E-state index contributed by atoms with van der Waals surface area (Å²) in [7, 11) is 0. The Hall–Kier alpha value is -1.35. The van der Waals surface area contributed by atoms with Crippen molar-refractivity contribution in [1.82, 2.24) is 4.90 Å². The van der Waals surface area contributed by atoms with E-state index in [1.54, 1.807) is 0 Å². The molecule has 0 saturated heterocycles. The molecule has 1 aromatic rings. The van der Waals surface area contributed by atoms with E-state index in [1.165, 1.54) is 56.9 Å². The smallest absolute Gasteiger partial charge is 0.214 e. The molecule has 2 rings (SSSR count). The Kier molecular flexibility index (Phi) is 14.7. The molecule has 1 fully saturated rings. The van der Waals surface area contributed by atoms with E-state index >= 15 is 0 Å². The lowest BCUT2D eigenvalue weighted by molar-refractivity contribution is -0.107. The summed E-state index contributed by atoms with van der Waals surface area (Å²) in [5.74, 6) is 1.43. The molecule has 0 aliphatic heterocycles. The van der Waals surface area contributed by atoms with E-state index in [-0.39, 0.29) is 1.43 Å². The first-order chi connectivity index (χ1) is 15.9. The number of nitrogens with zero attached hydrogens (tertiary/aromatic N) is 2. The minimum Gasteiger partial charge on any atom is -0.313 e. The predicted molar refractivity (Wildman–Crippen MR) is 148 cm³/mol. The molecule has 3 nitrogen and oxygen atoms in total. The Morgan fingerprint density at radius 1 is 0.939 bits per heavy atom. The highest BCUT2D eigenvalue weighted by Gasteiger charge is 2.29. The molecule has 192 valence electrons. The fourth-order valence-corrected chi connectivity index (χ4v) is 5.21. The summed E-state index contributed by atoms with van der Waals surface area (Å²) in [5.41, 5.74) is 2.98. The largest absolute Gasteiger partial charge is 0.313 e. The number of para-hydroxylation sites is 1. The number of hydrogen-bond acceptors (Lipinski definition) is 2. The molecule has 0 bridgehead atoms. The summed E-state index contributed by atoms with van der Waals surface area (Å²) in [4.78, 5) is 16.4. The first-order valence-electron chi connectivity index (χ1n) is 13.9. The van der Waals surface area contributed by atoms with Crippen LogP contribution in [-0.4, -0.2) is 37.5 Å². The summed E-state index contributed by atoms with van der Waals surface area (Å²) in [5, 5.41) is 0. The van der Waals surface area contributed by atoms with Crippen LogP contribution in [0.25, 0.3) is 0 Å². The van der Waals surface area contributed by atoms with Crippen molar-refractivity contribution >= 4 is 12.1 Å². The van der Waals surface area contributed by atoms with Gasteiger partial charge in [-0.1, -0.05) is 92.3 Å². The van der Waals surface area contributed by atoms with Crippen LogP contribution < -0.4 is 4.90 Å². The highest BCUT2D eigenvalue weighted by molar-refractivity contribution is 5.77. The van der Waals surface area contributed by atoms with Crippen molar-refractivity contribution in [3.05, 3.63) is 29.8 Å². The highest BCUT2D eigenvalue weighted by atomic mass is 16.1. The molecular weight excluding hydrogens is 404 g/mol. The average Bonchev–Trinajstić information content (AvgIpc) is 2.79.